The fourth-order valence-electron chi connectivity index (χ4n) is 7.19. The van der Waals surface area contributed by atoms with E-state index in [4.69, 9.17) is 21.4 Å². The fourth-order valence-corrected chi connectivity index (χ4v) is 7.29. The van der Waals surface area contributed by atoms with Crippen LogP contribution in [-0.4, -0.2) is 110 Å². The highest BCUT2D eigenvalue weighted by Gasteiger charge is 2.37. The van der Waals surface area contributed by atoms with Crippen molar-refractivity contribution in [3.63, 3.8) is 0 Å². The molecule has 5 rings (SSSR count). The molecule has 2 saturated heterocycles. The Labute approximate surface area is 284 Å². The van der Waals surface area contributed by atoms with Crippen molar-refractivity contribution in [1.29, 1.82) is 0 Å². The van der Waals surface area contributed by atoms with E-state index in [0.29, 0.717) is 55.3 Å². The van der Waals surface area contributed by atoms with Gasteiger partial charge >= 0.3 is 0 Å². The van der Waals surface area contributed by atoms with Crippen molar-refractivity contribution in [2.24, 2.45) is 23.7 Å². The molecule has 11 nitrogen and oxygen atoms in total. The van der Waals surface area contributed by atoms with Crippen molar-refractivity contribution in [1.82, 2.24) is 14.9 Å². The second-order valence-electron chi connectivity index (χ2n) is 13.7. The van der Waals surface area contributed by atoms with E-state index in [0.717, 1.165) is 63.3 Å². The van der Waals surface area contributed by atoms with E-state index in [1.165, 1.54) is 4.90 Å². The SMILES string of the molecule is O=C(Cc1c(F)cc(OCCC2CC(C3CCN(c4ncc(Cl)cn4)CC3)C2)cc1F)N1CC(CCC[C@H](O)[C@@H](O)[C@H](O)[C@H](O)CO)C1. The summed E-state index contributed by atoms with van der Waals surface area (Å²) in [5.74, 6) is 0.897. The number of hydrogen-bond acceptors (Lipinski definition) is 10. The summed E-state index contributed by atoms with van der Waals surface area (Å²) in [4.78, 5) is 25.1. The third kappa shape index (κ3) is 9.30. The maximum absolute atomic E-state index is 14.8. The number of carbonyl (C=O) groups is 1. The van der Waals surface area contributed by atoms with E-state index in [1.807, 2.05) is 0 Å². The molecule has 4 atom stereocenters. The number of halogens is 3. The Morgan fingerprint density at radius 2 is 1.56 bits per heavy atom. The maximum atomic E-state index is 14.8. The van der Waals surface area contributed by atoms with Crippen molar-refractivity contribution >= 4 is 23.5 Å². The summed E-state index contributed by atoms with van der Waals surface area (Å²) in [5.41, 5.74) is -0.285. The summed E-state index contributed by atoms with van der Waals surface area (Å²) in [6, 6.07) is 2.28. The molecule has 3 heterocycles. The fraction of sp³-hybridized carbons (Fsp3) is 0.676. The zero-order valence-corrected chi connectivity index (χ0v) is 27.8. The number of aromatic nitrogens is 2. The van der Waals surface area contributed by atoms with Crippen LogP contribution in [0.4, 0.5) is 14.7 Å². The van der Waals surface area contributed by atoms with Gasteiger partial charge in [-0.3, -0.25) is 4.79 Å². The lowest BCUT2D eigenvalue weighted by atomic mass is 9.65. The normalized spacial score (nSPS) is 22.8. The zero-order valence-electron chi connectivity index (χ0n) is 27.0. The molecule has 2 aromatic rings. The summed E-state index contributed by atoms with van der Waals surface area (Å²) in [6.45, 7) is 2.34. The number of nitrogens with zero attached hydrogens (tertiary/aromatic N) is 4. The van der Waals surface area contributed by atoms with Gasteiger partial charge in [0.1, 0.15) is 35.7 Å². The van der Waals surface area contributed by atoms with Gasteiger partial charge in [0.2, 0.25) is 11.9 Å². The molecule has 1 saturated carbocycles. The molecule has 266 valence electrons. The largest absolute Gasteiger partial charge is 0.493 e. The number of aliphatic hydroxyl groups is 5. The van der Waals surface area contributed by atoms with Crippen LogP contribution in [0.2, 0.25) is 5.02 Å². The predicted octanol–water partition coefficient (Wildman–Crippen LogP) is 2.73. The number of amides is 1. The van der Waals surface area contributed by atoms with Crippen LogP contribution >= 0.6 is 11.6 Å². The number of rotatable bonds is 16. The van der Waals surface area contributed by atoms with Gasteiger partial charge in [0.05, 0.1) is 43.2 Å². The summed E-state index contributed by atoms with van der Waals surface area (Å²) < 4.78 is 35.4. The number of aliphatic hydroxyl groups excluding tert-OH is 5. The molecule has 14 heteroatoms. The molecule has 3 aliphatic rings. The van der Waals surface area contributed by atoms with E-state index >= 15 is 0 Å². The molecule has 48 heavy (non-hydrogen) atoms. The minimum absolute atomic E-state index is 0.114. The van der Waals surface area contributed by atoms with Crippen molar-refractivity contribution < 1.29 is 43.8 Å². The number of ether oxygens (including phenoxy) is 1. The first kappa shape index (κ1) is 36.6. The van der Waals surface area contributed by atoms with E-state index < -0.39 is 49.1 Å². The highest BCUT2D eigenvalue weighted by atomic mass is 35.5. The first-order chi connectivity index (χ1) is 23.0. The Morgan fingerprint density at radius 1 is 0.938 bits per heavy atom. The third-order valence-corrected chi connectivity index (χ3v) is 10.5. The van der Waals surface area contributed by atoms with Gasteiger partial charge in [-0.2, -0.15) is 0 Å². The number of likely N-dealkylation sites (tertiary alicyclic amines) is 1. The number of carbonyl (C=O) groups excluding carboxylic acids is 1. The molecule has 2 aliphatic heterocycles. The molecule has 0 radical (unpaired) electrons. The van der Waals surface area contributed by atoms with Crippen LogP contribution in [0.3, 0.4) is 0 Å². The monoisotopic (exact) mass is 696 g/mol. The molecule has 0 unspecified atom stereocenters. The Bertz CT molecular complexity index is 1320. The number of benzene rings is 1. The van der Waals surface area contributed by atoms with Crippen molar-refractivity contribution in [3.8, 4) is 5.75 Å². The van der Waals surface area contributed by atoms with Gasteiger partial charge in [-0.15, -0.1) is 0 Å². The van der Waals surface area contributed by atoms with Crippen molar-refractivity contribution in [2.45, 2.75) is 82.2 Å². The van der Waals surface area contributed by atoms with Gasteiger partial charge in [-0.1, -0.05) is 18.0 Å². The minimum atomic E-state index is -1.66. The van der Waals surface area contributed by atoms with Crippen LogP contribution < -0.4 is 9.64 Å². The summed E-state index contributed by atoms with van der Waals surface area (Å²) in [5, 5.41) is 48.5. The van der Waals surface area contributed by atoms with E-state index in [2.05, 4.69) is 14.9 Å². The highest BCUT2D eigenvalue weighted by Crippen LogP contribution is 2.44. The molecule has 0 bridgehead atoms. The second-order valence-corrected chi connectivity index (χ2v) is 14.1. The van der Waals surface area contributed by atoms with Crippen LogP contribution in [0.25, 0.3) is 0 Å². The molecular weight excluding hydrogens is 650 g/mol. The maximum Gasteiger partial charge on any atom is 0.227 e. The first-order valence-electron chi connectivity index (χ1n) is 17.0. The van der Waals surface area contributed by atoms with Gasteiger partial charge in [0.25, 0.3) is 0 Å². The quantitative estimate of drug-likeness (QED) is 0.177. The molecule has 5 N–H and O–H groups in total. The van der Waals surface area contributed by atoms with Crippen molar-refractivity contribution in [3.05, 3.63) is 46.7 Å². The molecular formula is C34H47ClF2N4O7. The summed E-state index contributed by atoms with van der Waals surface area (Å²) >= 11 is 5.90. The third-order valence-electron chi connectivity index (χ3n) is 10.4. The zero-order chi connectivity index (χ0) is 34.4. The lowest BCUT2D eigenvalue weighted by molar-refractivity contribution is -0.137. The summed E-state index contributed by atoms with van der Waals surface area (Å²) in [6.07, 6.45) is 3.38. The summed E-state index contributed by atoms with van der Waals surface area (Å²) in [7, 11) is 0. The lowest BCUT2D eigenvalue weighted by Gasteiger charge is -2.44. The number of hydrogen-bond donors (Lipinski definition) is 5. The molecule has 1 aliphatic carbocycles. The number of anilines is 1. The second kappa shape index (κ2) is 16.8. The standard InChI is InChI=1S/C34H47ClF2N4O7/c35-24-15-38-34(39-16-24)40-7-4-22(5-8-40)23-10-20(11-23)6-9-48-25-12-27(36)26(28(37)13-25)14-31(45)41-17-21(18-41)2-1-3-29(43)32(46)33(47)30(44)19-42/h12-13,15-16,20-23,29-30,32-33,42-44,46-47H,1-11,14,17-19H2/t20?,23?,29-,30+,32+,33+/m0/s1. The van der Waals surface area contributed by atoms with Crippen LogP contribution in [0.15, 0.2) is 24.5 Å². The Kier molecular flexibility index (Phi) is 12.8. The Hall–Kier alpha value is -2.68. The van der Waals surface area contributed by atoms with Gasteiger partial charge in [0.15, 0.2) is 0 Å². The van der Waals surface area contributed by atoms with Crippen LogP contribution in [0.1, 0.15) is 56.9 Å². The Morgan fingerprint density at radius 3 is 2.19 bits per heavy atom. The average Bonchev–Trinajstić information content (AvgIpc) is 3.04. The first-order valence-corrected chi connectivity index (χ1v) is 17.3. The smallest absolute Gasteiger partial charge is 0.227 e. The van der Waals surface area contributed by atoms with Crippen LogP contribution in [-0.2, 0) is 11.2 Å². The van der Waals surface area contributed by atoms with Gasteiger partial charge in [0, 0.05) is 43.9 Å². The van der Waals surface area contributed by atoms with Gasteiger partial charge < -0.3 is 40.1 Å². The molecule has 1 aromatic carbocycles. The lowest BCUT2D eigenvalue weighted by Crippen LogP contribution is -2.50. The highest BCUT2D eigenvalue weighted by molar-refractivity contribution is 6.30. The topological polar surface area (TPSA) is 160 Å². The average molecular weight is 697 g/mol. The molecule has 0 spiro atoms. The van der Waals surface area contributed by atoms with Gasteiger partial charge in [-0.05, 0) is 68.6 Å². The minimum Gasteiger partial charge on any atom is -0.493 e. The Balaban J connectivity index is 0.954. The van der Waals surface area contributed by atoms with E-state index in [-0.39, 0.29) is 29.6 Å². The van der Waals surface area contributed by atoms with Gasteiger partial charge in [-0.25, -0.2) is 18.7 Å². The predicted molar refractivity (Wildman–Crippen MR) is 173 cm³/mol. The van der Waals surface area contributed by atoms with E-state index in [1.54, 1.807) is 12.4 Å². The molecule has 1 aromatic heterocycles. The van der Waals surface area contributed by atoms with Crippen LogP contribution in [0, 0.1) is 35.3 Å². The number of piperidine rings is 1. The molecule has 1 amide bonds. The molecule has 3 fully saturated rings. The van der Waals surface area contributed by atoms with Crippen LogP contribution in [0.5, 0.6) is 5.75 Å². The van der Waals surface area contributed by atoms with E-state index in [9.17, 15) is 34.0 Å². The van der Waals surface area contributed by atoms with Crippen molar-refractivity contribution in [2.75, 3.05) is 44.3 Å².